The van der Waals surface area contributed by atoms with Crippen molar-refractivity contribution in [3.63, 3.8) is 0 Å². The standard InChI is InChI=1S/C32H27ClN2O7/c1-19-7-5-11-25-28(19)31(39)35(30(25)38)34(29(37)24-10-3-4-12-26(24)33)18-27(36)20-13-15-22(16-14-20)42-32(40)21-8-6-9-23(17-21)41-2/h3-10,12-17,19,25,28H,11,18H2,1-2H3/t19-,25-,28+/m1/s1. The molecule has 0 bridgehead atoms. The minimum absolute atomic E-state index is 0.0495. The Balaban J connectivity index is 1.38. The molecule has 2 aliphatic rings. The molecular weight excluding hydrogens is 560 g/mol. The van der Waals surface area contributed by atoms with Gasteiger partial charge in [-0.3, -0.25) is 19.2 Å². The molecule has 0 unspecified atom stereocenters. The maximum atomic E-state index is 13.7. The third-order valence-electron chi connectivity index (χ3n) is 7.42. The van der Waals surface area contributed by atoms with E-state index in [0.29, 0.717) is 12.2 Å². The van der Waals surface area contributed by atoms with E-state index in [2.05, 4.69) is 0 Å². The molecule has 42 heavy (non-hydrogen) atoms. The van der Waals surface area contributed by atoms with Crippen LogP contribution >= 0.6 is 11.6 Å². The maximum Gasteiger partial charge on any atom is 0.343 e. The molecule has 5 rings (SSSR count). The van der Waals surface area contributed by atoms with Gasteiger partial charge in [-0.2, -0.15) is 5.01 Å². The molecule has 0 saturated carbocycles. The minimum Gasteiger partial charge on any atom is -0.497 e. The number of fused-ring (bicyclic) bond motifs is 1. The van der Waals surface area contributed by atoms with Crippen LogP contribution in [0.25, 0.3) is 0 Å². The number of esters is 1. The van der Waals surface area contributed by atoms with E-state index in [1.165, 1.54) is 43.5 Å². The molecule has 10 heteroatoms. The lowest BCUT2D eigenvalue weighted by Gasteiger charge is -2.30. The van der Waals surface area contributed by atoms with Gasteiger partial charge >= 0.3 is 5.97 Å². The number of Topliss-reactive ketones (excluding diaryl/α,β-unsaturated/α-hetero) is 1. The number of carbonyl (C=O) groups is 5. The number of carbonyl (C=O) groups excluding carboxylic acids is 5. The van der Waals surface area contributed by atoms with Crippen molar-refractivity contribution in [3.05, 3.63) is 107 Å². The fraction of sp³-hybridized carbons (Fsp3) is 0.219. The van der Waals surface area contributed by atoms with Crippen molar-refractivity contribution in [2.75, 3.05) is 13.7 Å². The summed E-state index contributed by atoms with van der Waals surface area (Å²) < 4.78 is 10.5. The molecule has 3 amide bonds. The summed E-state index contributed by atoms with van der Waals surface area (Å²) in [6.07, 6.45) is 4.10. The van der Waals surface area contributed by atoms with E-state index in [1.807, 2.05) is 19.1 Å². The Morgan fingerprint density at radius 2 is 1.67 bits per heavy atom. The fourth-order valence-electron chi connectivity index (χ4n) is 5.23. The number of allylic oxidation sites excluding steroid dienone is 2. The first-order chi connectivity index (χ1) is 20.2. The van der Waals surface area contributed by atoms with Gasteiger partial charge in [0.05, 0.1) is 35.1 Å². The Kier molecular flexibility index (Phi) is 8.22. The number of ether oxygens (including phenoxy) is 2. The van der Waals surface area contributed by atoms with E-state index < -0.39 is 47.9 Å². The predicted octanol–water partition coefficient (Wildman–Crippen LogP) is 5.01. The Labute approximate surface area is 247 Å². The highest BCUT2D eigenvalue weighted by Crippen LogP contribution is 2.39. The van der Waals surface area contributed by atoms with Crippen LogP contribution in [-0.4, -0.2) is 53.1 Å². The summed E-state index contributed by atoms with van der Waals surface area (Å²) in [5.41, 5.74) is 0.515. The number of hydrazine groups is 1. The zero-order valence-electron chi connectivity index (χ0n) is 22.9. The number of benzene rings is 3. The molecule has 9 nitrogen and oxygen atoms in total. The van der Waals surface area contributed by atoms with Crippen molar-refractivity contribution in [2.45, 2.75) is 13.3 Å². The van der Waals surface area contributed by atoms with Crippen molar-refractivity contribution >= 4 is 41.1 Å². The highest BCUT2D eigenvalue weighted by molar-refractivity contribution is 6.34. The first-order valence-corrected chi connectivity index (χ1v) is 13.7. The SMILES string of the molecule is COc1cccc(C(=O)Oc2ccc(C(=O)CN(C(=O)c3ccccc3Cl)N3C(=O)[C@H]4[C@H](C)C=CC[C@H]4C3=O)cc2)c1. The summed E-state index contributed by atoms with van der Waals surface area (Å²) >= 11 is 6.28. The summed E-state index contributed by atoms with van der Waals surface area (Å²) in [6.45, 7) is 1.25. The van der Waals surface area contributed by atoms with Crippen molar-refractivity contribution in [3.8, 4) is 11.5 Å². The van der Waals surface area contributed by atoms with Gasteiger partial charge in [0, 0.05) is 5.56 Å². The fourth-order valence-corrected chi connectivity index (χ4v) is 5.44. The van der Waals surface area contributed by atoms with Gasteiger partial charge in [0.1, 0.15) is 18.0 Å². The quantitative estimate of drug-likeness (QED) is 0.120. The zero-order chi connectivity index (χ0) is 30.0. The van der Waals surface area contributed by atoms with Gasteiger partial charge in [0.25, 0.3) is 17.7 Å². The van der Waals surface area contributed by atoms with Crippen LogP contribution in [-0.2, 0) is 9.59 Å². The zero-order valence-corrected chi connectivity index (χ0v) is 23.6. The number of ketones is 1. The van der Waals surface area contributed by atoms with Gasteiger partial charge in [-0.1, -0.05) is 48.9 Å². The second kappa shape index (κ2) is 12.0. The Bertz CT molecular complexity index is 1600. The number of hydrogen-bond donors (Lipinski definition) is 0. The van der Waals surface area contributed by atoms with Crippen molar-refractivity contribution in [1.29, 1.82) is 0 Å². The van der Waals surface area contributed by atoms with Gasteiger partial charge in [-0.15, -0.1) is 0 Å². The molecule has 0 radical (unpaired) electrons. The minimum atomic E-state index is -0.751. The van der Waals surface area contributed by atoms with Crippen LogP contribution in [0.4, 0.5) is 0 Å². The van der Waals surface area contributed by atoms with E-state index in [4.69, 9.17) is 21.1 Å². The summed E-state index contributed by atoms with van der Waals surface area (Å²) in [5.74, 6) is -3.72. The number of hydrogen-bond acceptors (Lipinski definition) is 7. The molecule has 1 aliphatic heterocycles. The van der Waals surface area contributed by atoms with E-state index in [1.54, 1.807) is 36.4 Å². The lowest BCUT2D eigenvalue weighted by Crippen LogP contribution is -2.52. The molecule has 1 fully saturated rings. The van der Waals surface area contributed by atoms with Crippen molar-refractivity contribution in [2.24, 2.45) is 17.8 Å². The Hall–Kier alpha value is -4.76. The van der Waals surface area contributed by atoms with E-state index in [9.17, 15) is 24.0 Å². The average molecular weight is 587 g/mol. The molecule has 0 spiro atoms. The molecule has 3 atom stereocenters. The van der Waals surface area contributed by atoms with Crippen molar-refractivity contribution in [1.82, 2.24) is 10.0 Å². The molecule has 214 valence electrons. The summed E-state index contributed by atoms with van der Waals surface area (Å²) in [4.78, 5) is 66.7. The number of methoxy groups -OCH3 is 1. The monoisotopic (exact) mass is 586 g/mol. The number of amides is 3. The predicted molar refractivity (Wildman–Crippen MR) is 153 cm³/mol. The molecule has 3 aromatic carbocycles. The summed E-state index contributed by atoms with van der Waals surface area (Å²) in [7, 11) is 1.49. The average Bonchev–Trinajstić information content (AvgIpc) is 3.26. The highest BCUT2D eigenvalue weighted by atomic mass is 35.5. The number of nitrogens with zero attached hydrogens (tertiary/aromatic N) is 2. The number of imide groups is 1. The largest absolute Gasteiger partial charge is 0.497 e. The first kappa shape index (κ1) is 28.8. The second-order valence-electron chi connectivity index (χ2n) is 10.1. The number of rotatable bonds is 8. The summed E-state index contributed by atoms with van der Waals surface area (Å²) in [6, 6.07) is 18.5. The van der Waals surface area contributed by atoms with Gasteiger partial charge in [0.2, 0.25) is 0 Å². The third-order valence-corrected chi connectivity index (χ3v) is 7.74. The van der Waals surface area contributed by atoms with Crippen molar-refractivity contribution < 1.29 is 33.4 Å². The van der Waals surface area contributed by atoms with E-state index in [-0.39, 0.29) is 33.4 Å². The molecule has 1 heterocycles. The number of halogens is 1. The molecule has 1 aliphatic carbocycles. The van der Waals surface area contributed by atoms with Crippen LogP contribution in [0.2, 0.25) is 5.02 Å². The maximum absolute atomic E-state index is 13.7. The topological polar surface area (TPSA) is 110 Å². The normalized spacial score (nSPS) is 19.3. The van der Waals surface area contributed by atoms with Crippen LogP contribution < -0.4 is 9.47 Å². The molecule has 1 saturated heterocycles. The lowest BCUT2D eigenvalue weighted by atomic mass is 9.78. The van der Waals surface area contributed by atoms with Crippen LogP contribution in [0, 0.1) is 17.8 Å². The van der Waals surface area contributed by atoms with E-state index in [0.717, 1.165) is 10.0 Å². The molecule has 0 N–H and O–H groups in total. The first-order valence-electron chi connectivity index (χ1n) is 13.3. The lowest BCUT2D eigenvalue weighted by molar-refractivity contribution is -0.154. The second-order valence-corrected chi connectivity index (χ2v) is 10.5. The Morgan fingerprint density at radius 3 is 2.36 bits per heavy atom. The van der Waals surface area contributed by atoms with E-state index >= 15 is 0 Å². The highest BCUT2D eigenvalue weighted by Gasteiger charge is 2.53. The van der Waals surface area contributed by atoms with Crippen LogP contribution in [0.5, 0.6) is 11.5 Å². The van der Waals surface area contributed by atoms with Gasteiger partial charge in [-0.05, 0) is 66.9 Å². The van der Waals surface area contributed by atoms with Crippen LogP contribution in [0.1, 0.15) is 44.4 Å². The third kappa shape index (κ3) is 5.56. The van der Waals surface area contributed by atoms with Gasteiger partial charge in [-0.25, -0.2) is 9.80 Å². The molecule has 0 aromatic heterocycles. The van der Waals surface area contributed by atoms with Gasteiger partial charge in [0.15, 0.2) is 5.78 Å². The van der Waals surface area contributed by atoms with Gasteiger partial charge < -0.3 is 9.47 Å². The Morgan fingerprint density at radius 1 is 0.929 bits per heavy atom. The summed E-state index contributed by atoms with van der Waals surface area (Å²) in [5, 5.41) is 1.82. The smallest absolute Gasteiger partial charge is 0.343 e. The molecular formula is C32H27ClN2O7. The van der Waals surface area contributed by atoms with Crippen LogP contribution in [0.15, 0.2) is 84.9 Å². The van der Waals surface area contributed by atoms with Crippen LogP contribution in [0.3, 0.4) is 0 Å². The molecule has 3 aromatic rings.